The summed E-state index contributed by atoms with van der Waals surface area (Å²) in [5.74, 6) is -0.487. The molecule has 1 aromatic carbocycles. The minimum Gasteiger partial charge on any atom is -0.379 e. The van der Waals surface area contributed by atoms with Crippen LogP contribution in [0.2, 0.25) is 0 Å². The summed E-state index contributed by atoms with van der Waals surface area (Å²) < 4.78 is 48.5. The monoisotopic (exact) mass is 485 g/mol. The van der Waals surface area contributed by atoms with Gasteiger partial charge in [-0.15, -0.1) is 0 Å². The Bertz CT molecular complexity index is 1220. The van der Waals surface area contributed by atoms with Crippen molar-refractivity contribution in [2.75, 3.05) is 44.3 Å². The van der Waals surface area contributed by atoms with Crippen molar-refractivity contribution in [3.63, 3.8) is 0 Å². The number of halogens is 3. The van der Waals surface area contributed by atoms with Crippen LogP contribution in [0.5, 0.6) is 0 Å². The summed E-state index contributed by atoms with van der Waals surface area (Å²) in [6.45, 7) is 2.82. The van der Waals surface area contributed by atoms with Gasteiger partial charge in [-0.3, -0.25) is 14.7 Å². The minimum absolute atomic E-state index is 0.00610. The highest BCUT2D eigenvalue weighted by molar-refractivity contribution is 5.97. The van der Waals surface area contributed by atoms with Crippen molar-refractivity contribution in [3.05, 3.63) is 36.0 Å². The van der Waals surface area contributed by atoms with Gasteiger partial charge in [0.25, 0.3) is 0 Å². The maximum Gasteiger partial charge on any atom is 0.397 e. The number of rotatable bonds is 4. The van der Waals surface area contributed by atoms with Gasteiger partial charge in [-0.25, -0.2) is 0 Å². The number of benzene rings is 1. The van der Waals surface area contributed by atoms with Crippen LogP contribution in [0.25, 0.3) is 10.9 Å². The van der Waals surface area contributed by atoms with Crippen molar-refractivity contribution in [1.29, 1.82) is 5.26 Å². The lowest BCUT2D eigenvalue weighted by molar-refractivity contribution is -0.192. The van der Waals surface area contributed by atoms with Crippen molar-refractivity contribution in [2.45, 2.75) is 37.5 Å². The van der Waals surface area contributed by atoms with Gasteiger partial charge in [0.05, 0.1) is 29.7 Å². The lowest BCUT2D eigenvalue weighted by Gasteiger charge is -2.44. The third-order valence-corrected chi connectivity index (χ3v) is 8.51. The number of nitrogens with zero attached hydrogens (tertiary/aromatic N) is 4. The number of pyridine rings is 1. The first-order valence-corrected chi connectivity index (χ1v) is 12.0. The zero-order valence-corrected chi connectivity index (χ0v) is 19.1. The Balaban J connectivity index is 1.23. The second-order valence-electron chi connectivity index (χ2n) is 10.3. The van der Waals surface area contributed by atoms with Crippen LogP contribution in [0.1, 0.15) is 24.8 Å². The molecule has 2 aromatic rings. The van der Waals surface area contributed by atoms with E-state index in [4.69, 9.17) is 4.74 Å². The van der Waals surface area contributed by atoms with Gasteiger partial charge in [-0.05, 0) is 43.5 Å². The summed E-state index contributed by atoms with van der Waals surface area (Å²) in [4.78, 5) is 21.6. The number of nitriles is 1. The number of carbonyl (C=O) groups excluding carboxylic acids is 1. The number of ether oxygens (including phenoxy) is 1. The van der Waals surface area contributed by atoms with E-state index in [1.807, 2.05) is 0 Å². The molecule has 10 heteroatoms. The van der Waals surface area contributed by atoms with Gasteiger partial charge < -0.3 is 15.0 Å². The molecule has 0 unspecified atom stereocenters. The molecule has 184 valence electrons. The molecular formula is C25H26F3N5O2. The highest BCUT2D eigenvalue weighted by Gasteiger charge is 2.86. The molecule has 0 bridgehead atoms. The number of alkyl halides is 3. The van der Waals surface area contributed by atoms with Crippen LogP contribution in [-0.2, 0) is 9.53 Å². The molecule has 2 aliphatic carbocycles. The van der Waals surface area contributed by atoms with Gasteiger partial charge in [0, 0.05) is 55.5 Å². The summed E-state index contributed by atoms with van der Waals surface area (Å²) in [6, 6.07) is 9.06. The molecule has 2 saturated carbocycles. The number of aromatic nitrogens is 1. The third-order valence-electron chi connectivity index (χ3n) is 8.51. The fourth-order valence-electron chi connectivity index (χ4n) is 6.39. The first-order valence-electron chi connectivity index (χ1n) is 12.0. The number of fused-ring (bicyclic) bond motifs is 2. The maximum atomic E-state index is 14.4. The average molecular weight is 486 g/mol. The van der Waals surface area contributed by atoms with E-state index in [1.165, 1.54) is 0 Å². The van der Waals surface area contributed by atoms with Gasteiger partial charge in [0.2, 0.25) is 5.91 Å². The van der Waals surface area contributed by atoms with Crippen LogP contribution < -0.4 is 10.2 Å². The Morgan fingerprint density at radius 3 is 2.69 bits per heavy atom. The Morgan fingerprint density at radius 2 is 1.97 bits per heavy atom. The number of morpholine rings is 1. The molecule has 0 spiro atoms. The summed E-state index contributed by atoms with van der Waals surface area (Å²) in [5, 5.41) is 13.0. The highest BCUT2D eigenvalue weighted by Crippen LogP contribution is 2.75. The predicted molar refractivity (Wildman–Crippen MR) is 122 cm³/mol. The molecule has 1 N–H and O–H groups in total. The molecular weight excluding hydrogens is 459 g/mol. The zero-order chi connectivity index (χ0) is 24.4. The van der Waals surface area contributed by atoms with Crippen molar-refractivity contribution in [2.24, 2.45) is 10.8 Å². The number of nitrogens with one attached hydrogen (secondary N) is 1. The van der Waals surface area contributed by atoms with Gasteiger partial charge >= 0.3 is 6.18 Å². The van der Waals surface area contributed by atoms with Crippen molar-refractivity contribution in [3.8, 4) is 6.07 Å². The Labute approximate surface area is 200 Å². The van der Waals surface area contributed by atoms with E-state index in [0.717, 1.165) is 25.9 Å². The maximum absolute atomic E-state index is 14.4. The average Bonchev–Trinajstić information content (AvgIpc) is 3.38. The fraction of sp³-hybridized carbons (Fsp3) is 0.560. The Morgan fingerprint density at radius 1 is 1.20 bits per heavy atom. The van der Waals surface area contributed by atoms with Crippen molar-refractivity contribution < 1.29 is 22.7 Å². The third kappa shape index (κ3) is 3.32. The number of hydrogen-bond acceptors (Lipinski definition) is 6. The lowest BCUT2D eigenvalue weighted by atomic mass is 9.84. The molecule has 6 rings (SSSR count). The molecule has 4 aliphatic rings. The molecule has 1 aromatic heterocycles. The van der Waals surface area contributed by atoms with Crippen molar-refractivity contribution in [1.82, 2.24) is 15.2 Å². The van der Waals surface area contributed by atoms with E-state index in [-0.39, 0.29) is 25.6 Å². The van der Waals surface area contributed by atoms with Gasteiger partial charge in [-0.2, -0.15) is 18.4 Å². The van der Waals surface area contributed by atoms with Gasteiger partial charge in [0.1, 0.15) is 11.5 Å². The molecule has 2 aliphatic heterocycles. The first kappa shape index (κ1) is 22.6. The number of piperidine rings is 1. The predicted octanol–water partition coefficient (Wildman–Crippen LogP) is 2.84. The SMILES string of the molecule is N#Cc1ccc(N2C[C@]3(C(=O)NC4CC(N5CCOCC5)C4)C[C@]3(C(F)(F)F)C2)c2cccnc12. The fourth-order valence-corrected chi connectivity index (χ4v) is 6.39. The lowest BCUT2D eigenvalue weighted by Crippen LogP contribution is -2.57. The number of anilines is 1. The van der Waals surface area contributed by atoms with Gasteiger partial charge in [-0.1, -0.05) is 0 Å². The van der Waals surface area contributed by atoms with Crippen LogP contribution in [0.15, 0.2) is 30.5 Å². The molecule has 2 atom stereocenters. The summed E-state index contributed by atoms with van der Waals surface area (Å²) in [7, 11) is 0. The Kier molecular flexibility index (Phi) is 5.03. The molecule has 7 nitrogen and oxygen atoms in total. The minimum atomic E-state index is -4.49. The molecule has 3 heterocycles. The van der Waals surface area contributed by atoms with E-state index >= 15 is 0 Å². The molecule has 1 amide bonds. The second-order valence-corrected chi connectivity index (χ2v) is 10.3. The van der Waals surface area contributed by atoms with E-state index in [1.54, 1.807) is 35.4 Å². The van der Waals surface area contributed by atoms with E-state index in [0.29, 0.717) is 41.4 Å². The number of carbonyl (C=O) groups is 1. The van der Waals surface area contributed by atoms with Crippen LogP contribution in [0.4, 0.5) is 18.9 Å². The highest BCUT2D eigenvalue weighted by atomic mass is 19.4. The van der Waals surface area contributed by atoms with Crippen LogP contribution in [-0.4, -0.2) is 73.4 Å². The van der Waals surface area contributed by atoms with Crippen molar-refractivity contribution >= 4 is 22.5 Å². The normalized spacial score (nSPS) is 32.6. The van der Waals surface area contributed by atoms with Crippen LogP contribution >= 0.6 is 0 Å². The van der Waals surface area contributed by atoms with E-state index < -0.39 is 22.9 Å². The van der Waals surface area contributed by atoms with Crippen LogP contribution in [0, 0.1) is 22.2 Å². The number of hydrogen-bond donors (Lipinski definition) is 1. The Hall–Kier alpha value is -2.90. The first-order chi connectivity index (χ1) is 16.8. The van der Waals surface area contributed by atoms with E-state index in [9.17, 15) is 23.2 Å². The molecule has 4 fully saturated rings. The standard InChI is InChI=1S/C25H26F3N5O2/c26-25(27,28)24-13-23(24,22(34)31-17-10-18(11-17)32-6-8-35-9-7-32)14-33(15-24)20-4-3-16(12-29)21-19(20)2-1-5-30-21/h1-5,17-18H,6-11,13-15H2,(H,31,34)/t17?,18?,23-,24-/m0/s1. The van der Waals surface area contributed by atoms with E-state index in [2.05, 4.69) is 21.3 Å². The smallest absolute Gasteiger partial charge is 0.379 e. The van der Waals surface area contributed by atoms with Crippen LogP contribution in [0.3, 0.4) is 0 Å². The number of amides is 1. The second kappa shape index (κ2) is 7.80. The molecule has 0 radical (unpaired) electrons. The molecule has 35 heavy (non-hydrogen) atoms. The quantitative estimate of drug-likeness (QED) is 0.718. The summed E-state index contributed by atoms with van der Waals surface area (Å²) in [6.07, 6.45) is -1.59. The largest absolute Gasteiger partial charge is 0.397 e. The summed E-state index contributed by atoms with van der Waals surface area (Å²) in [5.41, 5.74) is -2.15. The topological polar surface area (TPSA) is 81.5 Å². The van der Waals surface area contributed by atoms with Gasteiger partial charge in [0.15, 0.2) is 0 Å². The zero-order valence-electron chi connectivity index (χ0n) is 19.1. The summed E-state index contributed by atoms with van der Waals surface area (Å²) >= 11 is 0. The molecule has 2 saturated heterocycles.